The highest BCUT2D eigenvalue weighted by molar-refractivity contribution is 5.80. The first-order chi connectivity index (χ1) is 18.2. The van der Waals surface area contributed by atoms with E-state index in [2.05, 4.69) is 14.9 Å². The number of carbonyl (C=O) groups excluding carboxylic acids is 1. The van der Waals surface area contributed by atoms with Crippen molar-refractivity contribution in [2.45, 2.75) is 51.6 Å². The van der Waals surface area contributed by atoms with Crippen molar-refractivity contribution >= 4 is 11.9 Å². The van der Waals surface area contributed by atoms with Crippen LogP contribution in [0.25, 0.3) is 0 Å². The lowest BCUT2D eigenvalue weighted by Gasteiger charge is -2.44. The molecule has 2 aliphatic heterocycles. The zero-order valence-corrected chi connectivity index (χ0v) is 22.0. The number of hydrogen-bond acceptors (Lipinski definition) is 7. The number of nitrogens with zero attached hydrogens (tertiary/aromatic N) is 4. The van der Waals surface area contributed by atoms with Gasteiger partial charge in [-0.25, -0.2) is 18.7 Å². The lowest BCUT2D eigenvalue weighted by atomic mass is 9.90. The Bertz CT molecular complexity index is 1110. The molecule has 2 aromatic rings. The Labute approximate surface area is 222 Å². The van der Waals surface area contributed by atoms with Gasteiger partial charge in [-0.1, -0.05) is 0 Å². The molecule has 2 atom stereocenters. The van der Waals surface area contributed by atoms with Crippen LogP contribution in [-0.4, -0.2) is 70.9 Å². The largest absolute Gasteiger partial charge is 0.493 e. The van der Waals surface area contributed by atoms with E-state index in [0.717, 1.165) is 50.4 Å². The van der Waals surface area contributed by atoms with Gasteiger partial charge >= 0.3 is 0 Å². The maximum atomic E-state index is 14.6. The van der Waals surface area contributed by atoms with E-state index in [1.54, 1.807) is 19.3 Å². The van der Waals surface area contributed by atoms with Crippen molar-refractivity contribution in [2.75, 3.05) is 44.3 Å². The summed E-state index contributed by atoms with van der Waals surface area (Å²) >= 11 is 0. The molecule has 10 heteroatoms. The van der Waals surface area contributed by atoms with E-state index in [4.69, 9.17) is 9.47 Å². The molecule has 1 N–H and O–H groups in total. The van der Waals surface area contributed by atoms with E-state index in [1.165, 1.54) is 11.3 Å². The number of benzene rings is 1. The van der Waals surface area contributed by atoms with E-state index >= 15 is 0 Å². The predicted molar refractivity (Wildman–Crippen MR) is 137 cm³/mol. The fourth-order valence-electron chi connectivity index (χ4n) is 5.80. The molecule has 0 bridgehead atoms. The molecule has 3 aliphatic rings. The summed E-state index contributed by atoms with van der Waals surface area (Å²) in [5, 5.41) is 9.77. The van der Waals surface area contributed by atoms with E-state index in [1.807, 2.05) is 6.92 Å². The third-order valence-corrected chi connectivity index (χ3v) is 7.95. The summed E-state index contributed by atoms with van der Waals surface area (Å²) in [5.74, 6) is 1.52. The topological polar surface area (TPSA) is 88.0 Å². The molecule has 0 radical (unpaired) electrons. The minimum absolute atomic E-state index is 0.143. The maximum Gasteiger partial charge on any atom is 0.227 e. The summed E-state index contributed by atoms with van der Waals surface area (Å²) in [5.41, 5.74) is -1.19. The minimum atomic E-state index is -0.922. The molecule has 3 heterocycles. The van der Waals surface area contributed by atoms with Crippen molar-refractivity contribution in [1.82, 2.24) is 14.9 Å². The number of amides is 1. The zero-order chi connectivity index (χ0) is 26.9. The SMILES string of the molecule is CCOc1cnc(N2CCC([C@@H]3C[C@@H]3CCOc3cc(F)c(CC(=O)N4CC(C)(O)C4)c(F)c3)CC2)nc1. The molecule has 5 rings (SSSR count). The Balaban J connectivity index is 1.03. The summed E-state index contributed by atoms with van der Waals surface area (Å²) in [6.45, 7) is 6.77. The van der Waals surface area contributed by atoms with Crippen LogP contribution in [0.15, 0.2) is 24.5 Å². The van der Waals surface area contributed by atoms with E-state index < -0.39 is 23.1 Å². The number of aromatic nitrogens is 2. The smallest absolute Gasteiger partial charge is 0.227 e. The molecule has 3 fully saturated rings. The fraction of sp³-hybridized carbons (Fsp3) is 0.607. The summed E-state index contributed by atoms with van der Waals surface area (Å²) in [7, 11) is 0. The van der Waals surface area contributed by atoms with E-state index in [0.29, 0.717) is 36.7 Å². The number of hydrogen-bond donors (Lipinski definition) is 1. The molecule has 8 nitrogen and oxygen atoms in total. The van der Waals surface area contributed by atoms with Gasteiger partial charge in [-0.15, -0.1) is 0 Å². The maximum absolute atomic E-state index is 14.6. The van der Waals surface area contributed by atoms with Crippen molar-refractivity contribution in [1.29, 1.82) is 0 Å². The third-order valence-electron chi connectivity index (χ3n) is 7.95. The number of ether oxygens (including phenoxy) is 2. The van der Waals surface area contributed by atoms with Crippen LogP contribution in [0.2, 0.25) is 0 Å². The van der Waals surface area contributed by atoms with Crippen LogP contribution in [0.1, 0.15) is 45.1 Å². The van der Waals surface area contributed by atoms with Crippen molar-refractivity contribution in [2.24, 2.45) is 17.8 Å². The van der Waals surface area contributed by atoms with Crippen molar-refractivity contribution < 1.29 is 28.2 Å². The lowest BCUT2D eigenvalue weighted by molar-refractivity contribution is -0.151. The number of piperidine rings is 1. The van der Waals surface area contributed by atoms with Crippen LogP contribution in [0.4, 0.5) is 14.7 Å². The van der Waals surface area contributed by atoms with Gasteiger partial charge in [0.2, 0.25) is 11.9 Å². The second-order valence-electron chi connectivity index (χ2n) is 11.1. The predicted octanol–water partition coefficient (Wildman–Crippen LogP) is 3.61. The van der Waals surface area contributed by atoms with Crippen LogP contribution in [-0.2, 0) is 11.2 Å². The van der Waals surface area contributed by atoms with Gasteiger partial charge in [-0.3, -0.25) is 4.79 Å². The molecular weight excluding hydrogens is 494 g/mol. The Morgan fingerprint density at radius 1 is 1.11 bits per heavy atom. The molecular formula is C28H36F2N4O4. The van der Waals surface area contributed by atoms with Crippen LogP contribution in [0.5, 0.6) is 11.5 Å². The molecule has 1 aliphatic carbocycles. The molecule has 1 saturated carbocycles. The van der Waals surface area contributed by atoms with Gasteiger partial charge < -0.3 is 24.4 Å². The molecule has 206 valence electrons. The minimum Gasteiger partial charge on any atom is -0.493 e. The van der Waals surface area contributed by atoms with Crippen LogP contribution < -0.4 is 14.4 Å². The summed E-state index contributed by atoms with van der Waals surface area (Å²) < 4.78 is 40.2. The van der Waals surface area contributed by atoms with Crippen molar-refractivity contribution in [3.63, 3.8) is 0 Å². The second kappa shape index (κ2) is 11.0. The Hall–Kier alpha value is -3.01. The van der Waals surface area contributed by atoms with Gasteiger partial charge in [-0.05, 0) is 57.3 Å². The molecule has 1 aromatic carbocycles. The van der Waals surface area contributed by atoms with Crippen LogP contribution in [0.3, 0.4) is 0 Å². The Morgan fingerprint density at radius 2 is 1.76 bits per heavy atom. The van der Waals surface area contributed by atoms with Crippen LogP contribution in [0, 0.1) is 29.4 Å². The number of aliphatic hydroxyl groups is 1. The number of likely N-dealkylation sites (tertiary alicyclic amines) is 1. The molecule has 1 amide bonds. The highest BCUT2D eigenvalue weighted by Crippen LogP contribution is 2.50. The summed E-state index contributed by atoms with van der Waals surface area (Å²) in [4.78, 5) is 24.7. The second-order valence-corrected chi connectivity index (χ2v) is 11.1. The van der Waals surface area contributed by atoms with Gasteiger partial charge in [-0.2, -0.15) is 0 Å². The highest BCUT2D eigenvalue weighted by Gasteiger charge is 2.43. The lowest BCUT2D eigenvalue weighted by Crippen LogP contribution is -2.62. The van der Waals surface area contributed by atoms with Crippen molar-refractivity contribution in [3.8, 4) is 11.5 Å². The third kappa shape index (κ3) is 6.17. The van der Waals surface area contributed by atoms with Crippen LogP contribution >= 0.6 is 0 Å². The first kappa shape index (κ1) is 26.6. The average Bonchev–Trinajstić information content (AvgIpc) is 3.65. The number of carbonyl (C=O) groups is 1. The average molecular weight is 531 g/mol. The Kier molecular flexibility index (Phi) is 7.70. The van der Waals surface area contributed by atoms with Gasteiger partial charge in [0.1, 0.15) is 17.4 Å². The molecule has 38 heavy (non-hydrogen) atoms. The number of halogens is 2. The first-order valence-corrected chi connectivity index (χ1v) is 13.5. The number of rotatable bonds is 10. The number of β-amino-alcohol motifs (C(OH)–C–C–N with tert-alkyl or cyclic N) is 1. The van der Waals surface area contributed by atoms with Gasteiger partial charge in [0.15, 0.2) is 5.75 Å². The quantitative estimate of drug-likeness (QED) is 0.502. The molecule has 2 saturated heterocycles. The van der Waals surface area contributed by atoms with Gasteiger partial charge in [0, 0.05) is 30.8 Å². The zero-order valence-electron chi connectivity index (χ0n) is 22.0. The van der Waals surface area contributed by atoms with Gasteiger partial charge in [0.25, 0.3) is 0 Å². The molecule has 0 unspecified atom stereocenters. The standard InChI is InChI=1S/C28H36F2N4O4/c1-3-37-21-14-31-27(32-15-21)33-7-4-18(5-8-33)22-10-19(22)6-9-38-20-11-24(29)23(25(30)12-20)13-26(35)34-16-28(2,36)17-34/h11-12,14-15,18-19,22,36H,3-10,13,16-17H2,1-2H3/t19-,22-/m0/s1. The fourth-order valence-corrected chi connectivity index (χ4v) is 5.80. The van der Waals surface area contributed by atoms with E-state index in [-0.39, 0.29) is 30.8 Å². The normalized spacial score (nSPS) is 22.7. The monoisotopic (exact) mass is 530 g/mol. The van der Waals surface area contributed by atoms with E-state index in [9.17, 15) is 18.7 Å². The highest BCUT2D eigenvalue weighted by atomic mass is 19.1. The van der Waals surface area contributed by atoms with Gasteiger partial charge in [0.05, 0.1) is 50.7 Å². The number of anilines is 1. The molecule has 0 spiro atoms. The summed E-state index contributed by atoms with van der Waals surface area (Å²) in [6.07, 6.45) is 7.29. The van der Waals surface area contributed by atoms with Crippen molar-refractivity contribution in [3.05, 3.63) is 41.7 Å². The Morgan fingerprint density at radius 3 is 2.37 bits per heavy atom. The summed E-state index contributed by atoms with van der Waals surface area (Å²) in [6, 6.07) is 2.31. The first-order valence-electron chi connectivity index (χ1n) is 13.5. The molecule has 1 aromatic heterocycles.